The predicted molar refractivity (Wildman–Crippen MR) is 93.7 cm³/mol. The minimum absolute atomic E-state index is 0.119. The molecule has 0 fully saturated rings. The van der Waals surface area contributed by atoms with Gasteiger partial charge in [0.15, 0.2) is 5.78 Å². The lowest BCUT2D eigenvalue weighted by molar-refractivity contribution is -0.661. The number of ketones is 1. The van der Waals surface area contributed by atoms with Crippen LogP contribution in [0.15, 0.2) is 53.0 Å². The average molecular weight is 371 g/mol. The molecule has 0 bridgehead atoms. The number of nitrogens with zero attached hydrogens (tertiary/aromatic N) is 2. The molecule has 0 atom stereocenters. The zero-order valence-corrected chi connectivity index (χ0v) is 14.2. The van der Waals surface area contributed by atoms with Gasteiger partial charge in [-0.25, -0.2) is 9.13 Å². The Morgan fingerprint density at radius 2 is 1.96 bits per heavy atom. The summed E-state index contributed by atoms with van der Waals surface area (Å²) in [6, 6.07) is 15.8. The number of aryl methyl sites for hydroxylation is 1. The highest BCUT2D eigenvalue weighted by Crippen LogP contribution is 2.21. The molecule has 4 rings (SSSR count). The molecule has 0 saturated heterocycles. The molecule has 0 radical (unpaired) electrons. The molecule has 3 aromatic rings. The van der Waals surface area contributed by atoms with Gasteiger partial charge < -0.3 is 0 Å². The fourth-order valence-electron chi connectivity index (χ4n) is 3.18. The number of fused-ring (bicyclic) bond motifs is 3. The van der Waals surface area contributed by atoms with E-state index in [1.165, 1.54) is 5.52 Å². The molecule has 2 heterocycles. The zero-order valence-electron chi connectivity index (χ0n) is 12.6. The van der Waals surface area contributed by atoms with Crippen LogP contribution in [-0.4, -0.2) is 16.9 Å². The molecule has 2 aromatic carbocycles. The van der Waals surface area contributed by atoms with Gasteiger partial charge >= 0.3 is 5.95 Å². The molecule has 1 aromatic heterocycles. The number of rotatable bonds is 3. The summed E-state index contributed by atoms with van der Waals surface area (Å²) >= 11 is 3.41. The first kappa shape index (κ1) is 14.5. The highest BCUT2D eigenvalue weighted by Gasteiger charge is 2.27. The van der Waals surface area contributed by atoms with Crippen LogP contribution in [0, 0.1) is 0 Å². The number of benzene rings is 2. The van der Waals surface area contributed by atoms with Crippen LogP contribution in [0.2, 0.25) is 0 Å². The molecule has 4 nitrogen and oxygen atoms in total. The van der Waals surface area contributed by atoms with Gasteiger partial charge in [-0.1, -0.05) is 40.2 Å². The van der Waals surface area contributed by atoms with E-state index in [1.54, 1.807) is 0 Å². The third-order valence-corrected chi connectivity index (χ3v) is 4.81. The molecule has 0 unspecified atom stereocenters. The number of aromatic nitrogens is 2. The van der Waals surface area contributed by atoms with E-state index < -0.39 is 0 Å². The minimum atomic E-state index is 0.119. The molecule has 23 heavy (non-hydrogen) atoms. The van der Waals surface area contributed by atoms with E-state index in [0.29, 0.717) is 6.54 Å². The number of carbonyl (C=O) groups is 1. The van der Waals surface area contributed by atoms with E-state index in [-0.39, 0.29) is 5.78 Å². The molecule has 0 saturated carbocycles. The van der Waals surface area contributed by atoms with Crippen molar-refractivity contribution in [1.82, 2.24) is 4.57 Å². The molecule has 5 heteroatoms. The maximum absolute atomic E-state index is 12.7. The molecule has 1 aliphatic heterocycles. The zero-order chi connectivity index (χ0) is 15.8. The Hall–Kier alpha value is -2.14. The first-order valence-electron chi connectivity index (χ1n) is 7.78. The second kappa shape index (κ2) is 5.81. The topological polar surface area (TPSA) is 37.9 Å². The molecule has 116 valence electrons. The Balaban J connectivity index is 1.76. The Labute approximate surface area is 142 Å². The third-order valence-electron chi connectivity index (χ3n) is 4.28. The van der Waals surface area contributed by atoms with Crippen molar-refractivity contribution in [3.63, 3.8) is 0 Å². The molecule has 1 N–H and O–H groups in total. The predicted octanol–water partition coefficient (Wildman–Crippen LogP) is 3.39. The van der Waals surface area contributed by atoms with Gasteiger partial charge in [0.05, 0.1) is 13.1 Å². The van der Waals surface area contributed by atoms with Gasteiger partial charge in [0.2, 0.25) is 0 Å². The lowest BCUT2D eigenvalue weighted by Gasteiger charge is -2.11. The Morgan fingerprint density at radius 3 is 2.78 bits per heavy atom. The number of anilines is 1. The highest BCUT2D eigenvalue weighted by atomic mass is 79.9. The van der Waals surface area contributed by atoms with E-state index in [1.807, 2.05) is 36.4 Å². The summed E-state index contributed by atoms with van der Waals surface area (Å²) in [6.07, 6.45) is 1.10. The molecule has 0 aliphatic carbocycles. The van der Waals surface area contributed by atoms with Crippen LogP contribution < -0.4 is 9.88 Å². The van der Waals surface area contributed by atoms with Gasteiger partial charge in [-0.05, 0) is 24.3 Å². The number of nitrogens with one attached hydrogen (secondary N) is 1. The van der Waals surface area contributed by atoms with E-state index in [4.69, 9.17) is 0 Å². The summed E-state index contributed by atoms with van der Waals surface area (Å²) in [5.41, 5.74) is 3.02. The van der Waals surface area contributed by atoms with Crippen molar-refractivity contribution in [3.05, 3.63) is 58.6 Å². The van der Waals surface area contributed by atoms with Gasteiger partial charge in [-0.3, -0.25) is 10.1 Å². The standard InChI is InChI=1S/C18H16BrN3O/c19-14-8-6-13(7-9-14)17(23)12-22-16-5-2-1-4-15(16)21-11-3-10-20-18(21)22/h1-2,4-9H,3,10-12H2/p+1. The van der Waals surface area contributed by atoms with Crippen molar-refractivity contribution in [2.45, 2.75) is 19.5 Å². The number of carbonyl (C=O) groups excluding carboxylic acids is 1. The van der Waals surface area contributed by atoms with Crippen LogP contribution >= 0.6 is 15.9 Å². The summed E-state index contributed by atoms with van der Waals surface area (Å²) in [5.74, 6) is 1.15. The fourth-order valence-corrected chi connectivity index (χ4v) is 3.44. The number of hydrogen-bond acceptors (Lipinski definition) is 2. The number of halogens is 1. The number of imidazole rings is 1. The highest BCUT2D eigenvalue weighted by molar-refractivity contribution is 9.10. The van der Waals surface area contributed by atoms with E-state index in [0.717, 1.165) is 41.0 Å². The molecular weight excluding hydrogens is 354 g/mol. The molecule has 0 spiro atoms. The monoisotopic (exact) mass is 370 g/mol. The Bertz CT molecular complexity index is 883. The van der Waals surface area contributed by atoms with Crippen LogP contribution in [-0.2, 0) is 13.1 Å². The van der Waals surface area contributed by atoms with Crippen molar-refractivity contribution in [1.29, 1.82) is 0 Å². The first-order valence-corrected chi connectivity index (χ1v) is 8.57. The van der Waals surface area contributed by atoms with Crippen molar-refractivity contribution >= 4 is 38.7 Å². The van der Waals surface area contributed by atoms with Crippen LogP contribution in [0.25, 0.3) is 11.0 Å². The quantitative estimate of drug-likeness (QED) is 0.566. The lowest BCUT2D eigenvalue weighted by Crippen LogP contribution is -2.42. The first-order chi connectivity index (χ1) is 11.2. The van der Waals surface area contributed by atoms with Crippen molar-refractivity contribution in [3.8, 4) is 0 Å². The summed E-state index contributed by atoms with van der Waals surface area (Å²) in [6.45, 7) is 2.28. The van der Waals surface area contributed by atoms with E-state index in [9.17, 15) is 4.79 Å². The normalized spacial score (nSPS) is 13.6. The van der Waals surface area contributed by atoms with E-state index in [2.05, 4.69) is 42.5 Å². The number of hydrogen-bond donors (Lipinski definition) is 1. The van der Waals surface area contributed by atoms with Crippen LogP contribution in [0.4, 0.5) is 5.95 Å². The molecular formula is C18H17BrN3O+. The van der Waals surface area contributed by atoms with Gasteiger partial charge in [0.25, 0.3) is 0 Å². The van der Waals surface area contributed by atoms with E-state index >= 15 is 0 Å². The second-order valence-electron chi connectivity index (χ2n) is 5.76. The second-order valence-corrected chi connectivity index (χ2v) is 6.68. The van der Waals surface area contributed by atoms with Gasteiger partial charge in [0, 0.05) is 16.5 Å². The van der Waals surface area contributed by atoms with Gasteiger partial charge in [0.1, 0.15) is 17.6 Å². The Morgan fingerprint density at radius 1 is 1.17 bits per heavy atom. The lowest BCUT2D eigenvalue weighted by atomic mass is 10.1. The number of para-hydroxylation sites is 2. The number of Topliss-reactive ketones (excluding diaryl/α,β-unsaturated/α-hetero) is 1. The third kappa shape index (κ3) is 2.55. The van der Waals surface area contributed by atoms with Crippen molar-refractivity contribution < 1.29 is 9.36 Å². The van der Waals surface area contributed by atoms with Crippen molar-refractivity contribution in [2.24, 2.45) is 0 Å². The van der Waals surface area contributed by atoms with Crippen LogP contribution in [0.3, 0.4) is 0 Å². The Kier molecular flexibility index (Phi) is 3.65. The van der Waals surface area contributed by atoms with Crippen molar-refractivity contribution in [2.75, 3.05) is 11.9 Å². The smallest absolute Gasteiger partial charge is 0.291 e. The van der Waals surface area contributed by atoms with Gasteiger partial charge in [-0.2, -0.15) is 0 Å². The fraction of sp³-hybridized carbons (Fsp3) is 0.222. The van der Waals surface area contributed by atoms with Crippen LogP contribution in [0.1, 0.15) is 16.8 Å². The van der Waals surface area contributed by atoms with Gasteiger partial charge in [-0.15, -0.1) is 0 Å². The molecule has 1 aliphatic rings. The summed E-state index contributed by atoms with van der Waals surface area (Å²) in [4.78, 5) is 12.7. The summed E-state index contributed by atoms with van der Waals surface area (Å²) < 4.78 is 5.35. The minimum Gasteiger partial charge on any atom is -0.291 e. The largest absolute Gasteiger partial charge is 0.358 e. The maximum atomic E-state index is 12.7. The van der Waals surface area contributed by atoms with Crippen LogP contribution in [0.5, 0.6) is 0 Å². The average Bonchev–Trinajstić information content (AvgIpc) is 2.90. The summed E-state index contributed by atoms with van der Waals surface area (Å²) in [5, 5.41) is 3.45. The maximum Gasteiger partial charge on any atom is 0.358 e. The SMILES string of the molecule is O=C(Cn1c2[n+](c3ccccc31)CCCN2)c1ccc(Br)cc1. The molecule has 0 amide bonds. The summed E-state index contributed by atoms with van der Waals surface area (Å²) in [7, 11) is 0.